The molecule has 0 unspecified atom stereocenters. The van der Waals surface area contributed by atoms with Crippen LogP contribution in [0.15, 0.2) is 0 Å². The molecular formula is C16H33NO3. The smallest absolute Gasteiger partial charge is 0.222 e. The van der Waals surface area contributed by atoms with Gasteiger partial charge in [-0.1, -0.05) is 40.0 Å². The van der Waals surface area contributed by atoms with Gasteiger partial charge in [0.05, 0.1) is 19.8 Å². The highest BCUT2D eigenvalue weighted by atomic mass is 16.5. The Morgan fingerprint density at radius 2 is 1.70 bits per heavy atom. The highest BCUT2D eigenvalue weighted by Crippen LogP contribution is 1.99. The van der Waals surface area contributed by atoms with E-state index in [2.05, 4.69) is 26.1 Å². The maximum absolute atomic E-state index is 11.5. The quantitative estimate of drug-likeness (QED) is 0.499. The molecule has 0 rings (SSSR count). The number of ether oxygens (including phenoxy) is 2. The van der Waals surface area contributed by atoms with Gasteiger partial charge in [0, 0.05) is 19.6 Å². The summed E-state index contributed by atoms with van der Waals surface area (Å²) >= 11 is 0. The summed E-state index contributed by atoms with van der Waals surface area (Å²) in [5, 5.41) is 2.92. The highest BCUT2D eigenvalue weighted by molar-refractivity contribution is 5.75. The van der Waals surface area contributed by atoms with Crippen molar-refractivity contribution in [1.82, 2.24) is 5.32 Å². The number of nitrogens with one attached hydrogen (secondary N) is 1. The first kappa shape index (κ1) is 19.4. The van der Waals surface area contributed by atoms with Gasteiger partial charge >= 0.3 is 0 Å². The minimum absolute atomic E-state index is 0.0854. The van der Waals surface area contributed by atoms with Crippen LogP contribution >= 0.6 is 0 Å². The molecule has 0 aromatic rings. The number of hydrogen-bond acceptors (Lipinski definition) is 3. The van der Waals surface area contributed by atoms with Gasteiger partial charge in [-0.05, 0) is 18.8 Å². The molecule has 1 amide bonds. The minimum Gasteiger partial charge on any atom is -0.379 e. The lowest BCUT2D eigenvalue weighted by Gasteiger charge is -2.08. The van der Waals surface area contributed by atoms with Crippen LogP contribution in [0.4, 0.5) is 0 Å². The molecule has 0 aromatic heterocycles. The second kappa shape index (κ2) is 14.8. The lowest BCUT2D eigenvalue weighted by atomic mass is 10.1. The number of hydrogen-bond donors (Lipinski definition) is 1. The van der Waals surface area contributed by atoms with Gasteiger partial charge in [-0.2, -0.15) is 0 Å². The summed E-state index contributed by atoms with van der Waals surface area (Å²) in [5.74, 6) is 0.763. The lowest BCUT2D eigenvalue weighted by molar-refractivity contribution is -0.122. The Bertz CT molecular complexity index is 220. The third-order valence-corrected chi connectivity index (χ3v) is 3.04. The first-order chi connectivity index (χ1) is 9.66. The topological polar surface area (TPSA) is 47.6 Å². The van der Waals surface area contributed by atoms with Crippen LogP contribution in [0.25, 0.3) is 0 Å². The number of carbonyl (C=O) groups excluding carboxylic acids is 1. The van der Waals surface area contributed by atoms with Crippen molar-refractivity contribution in [2.75, 3.05) is 33.0 Å². The van der Waals surface area contributed by atoms with Crippen molar-refractivity contribution < 1.29 is 14.3 Å². The van der Waals surface area contributed by atoms with E-state index in [1.54, 1.807) is 0 Å². The summed E-state index contributed by atoms with van der Waals surface area (Å²) in [4.78, 5) is 11.5. The van der Waals surface area contributed by atoms with Gasteiger partial charge in [-0.3, -0.25) is 4.79 Å². The molecule has 0 aliphatic carbocycles. The van der Waals surface area contributed by atoms with Crippen LogP contribution in [0, 0.1) is 5.92 Å². The van der Waals surface area contributed by atoms with E-state index in [9.17, 15) is 4.79 Å². The molecule has 0 aromatic carbocycles. The molecule has 0 saturated heterocycles. The molecule has 4 heteroatoms. The summed E-state index contributed by atoms with van der Waals surface area (Å²) in [6.07, 6.45) is 6.27. The van der Waals surface area contributed by atoms with Crippen LogP contribution < -0.4 is 5.32 Å². The zero-order valence-corrected chi connectivity index (χ0v) is 13.6. The Morgan fingerprint density at radius 3 is 2.35 bits per heavy atom. The second-order valence-corrected chi connectivity index (χ2v) is 5.57. The van der Waals surface area contributed by atoms with Crippen molar-refractivity contribution in [3.8, 4) is 0 Å². The predicted octanol–water partition coefficient (Wildman–Crippen LogP) is 3.15. The van der Waals surface area contributed by atoms with Gasteiger partial charge in [0.15, 0.2) is 0 Å². The molecule has 0 fully saturated rings. The third kappa shape index (κ3) is 15.4. The van der Waals surface area contributed by atoms with Gasteiger partial charge < -0.3 is 14.8 Å². The molecule has 120 valence electrons. The van der Waals surface area contributed by atoms with E-state index in [1.807, 2.05) is 0 Å². The summed E-state index contributed by atoms with van der Waals surface area (Å²) in [5.41, 5.74) is 0. The number of unbranched alkanes of at least 4 members (excludes halogenated alkanes) is 3. The molecule has 0 bridgehead atoms. The fourth-order valence-electron chi connectivity index (χ4n) is 1.67. The number of amides is 1. The zero-order chi connectivity index (χ0) is 15.1. The summed E-state index contributed by atoms with van der Waals surface area (Å²) in [6.45, 7) is 9.79. The molecule has 0 aliphatic rings. The van der Waals surface area contributed by atoms with E-state index in [1.165, 1.54) is 19.3 Å². The molecule has 0 atom stereocenters. The van der Waals surface area contributed by atoms with Crippen molar-refractivity contribution in [3.63, 3.8) is 0 Å². The van der Waals surface area contributed by atoms with Gasteiger partial charge in [0.1, 0.15) is 0 Å². The minimum atomic E-state index is 0.0854. The molecule has 0 aliphatic heterocycles. The van der Waals surface area contributed by atoms with Crippen molar-refractivity contribution in [3.05, 3.63) is 0 Å². The van der Waals surface area contributed by atoms with Crippen molar-refractivity contribution in [2.24, 2.45) is 5.92 Å². The Kier molecular flexibility index (Phi) is 14.3. The van der Waals surface area contributed by atoms with E-state index < -0.39 is 0 Å². The van der Waals surface area contributed by atoms with Crippen molar-refractivity contribution in [1.29, 1.82) is 0 Å². The van der Waals surface area contributed by atoms with E-state index in [-0.39, 0.29) is 5.91 Å². The fraction of sp³-hybridized carbons (Fsp3) is 0.938. The molecule has 0 heterocycles. The average Bonchev–Trinajstić information content (AvgIpc) is 2.41. The maximum Gasteiger partial charge on any atom is 0.222 e. The molecule has 20 heavy (non-hydrogen) atoms. The first-order valence-corrected chi connectivity index (χ1v) is 8.09. The van der Waals surface area contributed by atoms with Crippen LogP contribution in [-0.2, 0) is 14.3 Å². The normalized spacial score (nSPS) is 11.0. The lowest BCUT2D eigenvalue weighted by Crippen LogP contribution is -2.25. The van der Waals surface area contributed by atoms with Crippen molar-refractivity contribution >= 4 is 5.91 Å². The first-order valence-electron chi connectivity index (χ1n) is 8.09. The Hall–Kier alpha value is -0.610. The zero-order valence-electron chi connectivity index (χ0n) is 13.6. The van der Waals surface area contributed by atoms with Crippen LogP contribution in [-0.4, -0.2) is 38.9 Å². The maximum atomic E-state index is 11.5. The van der Waals surface area contributed by atoms with Crippen LogP contribution in [0.5, 0.6) is 0 Å². The Labute approximate surface area is 124 Å². The van der Waals surface area contributed by atoms with Crippen LogP contribution in [0.1, 0.15) is 59.3 Å². The molecule has 4 nitrogen and oxygen atoms in total. The summed E-state index contributed by atoms with van der Waals surface area (Å²) in [7, 11) is 0. The van der Waals surface area contributed by atoms with Gasteiger partial charge in [-0.25, -0.2) is 0 Å². The van der Waals surface area contributed by atoms with Crippen LogP contribution in [0.3, 0.4) is 0 Å². The summed E-state index contributed by atoms with van der Waals surface area (Å²) in [6, 6.07) is 0. The molecule has 0 spiro atoms. The molecule has 0 saturated carbocycles. The van der Waals surface area contributed by atoms with Gasteiger partial charge in [0.25, 0.3) is 0 Å². The largest absolute Gasteiger partial charge is 0.379 e. The Morgan fingerprint density at radius 1 is 1.00 bits per heavy atom. The highest BCUT2D eigenvalue weighted by Gasteiger charge is 2.00. The van der Waals surface area contributed by atoms with E-state index >= 15 is 0 Å². The van der Waals surface area contributed by atoms with Crippen molar-refractivity contribution in [2.45, 2.75) is 59.3 Å². The number of carbonyl (C=O) groups is 1. The predicted molar refractivity (Wildman–Crippen MR) is 82.9 cm³/mol. The molecular weight excluding hydrogens is 254 g/mol. The van der Waals surface area contributed by atoms with Gasteiger partial charge in [0.2, 0.25) is 5.91 Å². The summed E-state index contributed by atoms with van der Waals surface area (Å²) < 4.78 is 10.8. The SMILES string of the molecule is CCCCCCNC(=O)CCOCCOCCC(C)C. The molecule has 0 radical (unpaired) electrons. The standard InChI is InChI=1S/C16H33NO3/c1-4-5-6-7-10-17-16(18)9-12-20-14-13-19-11-8-15(2)3/h15H,4-14H2,1-3H3,(H,17,18). The number of rotatable bonds is 14. The van der Waals surface area contributed by atoms with Gasteiger partial charge in [-0.15, -0.1) is 0 Å². The fourth-order valence-corrected chi connectivity index (χ4v) is 1.67. The Balaban J connectivity index is 3.15. The average molecular weight is 287 g/mol. The third-order valence-electron chi connectivity index (χ3n) is 3.04. The van der Waals surface area contributed by atoms with Crippen LogP contribution in [0.2, 0.25) is 0 Å². The second-order valence-electron chi connectivity index (χ2n) is 5.57. The monoisotopic (exact) mass is 287 g/mol. The van der Waals surface area contributed by atoms with E-state index in [4.69, 9.17) is 9.47 Å². The van der Waals surface area contributed by atoms with E-state index in [0.717, 1.165) is 26.0 Å². The van der Waals surface area contributed by atoms with E-state index in [0.29, 0.717) is 32.2 Å². The molecule has 1 N–H and O–H groups in total.